The van der Waals surface area contributed by atoms with Crippen molar-refractivity contribution in [3.05, 3.63) is 52.2 Å². The van der Waals surface area contributed by atoms with E-state index in [9.17, 15) is 14.9 Å². The van der Waals surface area contributed by atoms with Gasteiger partial charge in [-0.25, -0.2) is 4.68 Å². The molecular weight excluding hydrogens is 312 g/mol. The van der Waals surface area contributed by atoms with Crippen LogP contribution in [0.5, 0.6) is 5.88 Å². The number of nitrogens with one attached hydrogen (secondary N) is 1. The molecule has 0 fully saturated rings. The second-order valence-electron chi connectivity index (χ2n) is 5.32. The van der Waals surface area contributed by atoms with Crippen molar-refractivity contribution in [1.29, 1.82) is 0 Å². The molecule has 1 aromatic heterocycles. The molecule has 0 spiro atoms. The van der Waals surface area contributed by atoms with Crippen LogP contribution in [0.15, 0.2) is 36.5 Å². The Morgan fingerprint density at radius 2 is 2.08 bits per heavy atom. The van der Waals surface area contributed by atoms with Crippen molar-refractivity contribution < 1.29 is 14.5 Å². The summed E-state index contributed by atoms with van der Waals surface area (Å²) in [6, 6.07) is 8.79. The Hall–Kier alpha value is -2.90. The van der Waals surface area contributed by atoms with E-state index >= 15 is 0 Å². The van der Waals surface area contributed by atoms with Crippen LogP contribution in [-0.4, -0.2) is 27.7 Å². The number of benzene rings is 1. The Kier molecular flexibility index (Phi) is 5.51. The van der Waals surface area contributed by atoms with Crippen LogP contribution < -0.4 is 10.1 Å². The van der Waals surface area contributed by atoms with Crippen LogP contribution in [0.4, 0.5) is 5.69 Å². The number of hydrogen-bond acceptors (Lipinski definition) is 5. The van der Waals surface area contributed by atoms with E-state index in [0.717, 1.165) is 12.0 Å². The molecule has 0 aliphatic heterocycles. The highest BCUT2D eigenvalue weighted by molar-refractivity contribution is 5.80. The topological polar surface area (TPSA) is 99.3 Å². The van der Waals surface area contributed by atoms with Gasteiger partial charge in [-0.3, -0.25) is 14.9 Å². The highest BCUT2D eigenvalue weighted by Crippen LogP contribution is 2.26. The molecule has 0 saturated heterocycles. The highest BCUT2D eigenvalue weighted by Gasteiger charge is 2.26. The van der Waals surface area contributed by atoms with Gasteiger partial charge in [0.15, 0.2) is 0 Å². The molecule has 0 aliphatic rings. The summed E-state index contributed by atoms with van der Waals surface area (Å²) in [5.41, 5.74) is 0.733. The van der Waals surface area contributed by atoms with Gasteiger partial charge in [0.25, 0.3) is 0 Å². The molecule has 1 aromatic carbocycles. The third-order valence-corrected chi connectivity index (χ3v) is 3.77. The van der Waals surface area contributed by atoms with Gasteiger partial charge in [-0.15, -0.1) is 5.10 Å². The summed E-state index contributed by atoms with van der Waals surface area (Å²) in [6.45, 7) is 3.60. The largest absolute Gasteiger partial charge is 0.475 e. The summed E-state index contributed by atoms with van der Waals surface area (Å²) < 4.78 is 6.12. The van der Waals surface area contributed by atoms with Crippen LogP contribution in [0.2, 0.25) is 0 Å². The molecule has 0 radical (unpaired) electrons. The van der Waals surface area contributed by atoms with Crippen molar-refractivity contribution >= 4 is 11.6 Å². The second kappa shape index (κ2) is 7.58. The number of rotatable bonds is 7. The Bertz CT molecular complexity index is 714. The van der Waals surface area contributed by atoms with Crippen molar-refractivity contribution in [3.63, 3.8) is 0 Å². The molecule has 2 unspecified atom stereocenters. The van der Waals surface area contributed by atoms with Gasteiger partial charge in [0, 0.05) is 0 Å². The molecule has 8 heteroatoms. The summed E-state index contributed by atoms with van der Waals surface area (Å²) in [7, 11) is 1.30. The average molecular weight is 332 g/mol. The van der Waals surface area contributed by atoms with Crippen LogP contribution in [0.25, 0.3) is 0 Å². The fraction of sp³-hybridized carbons (Fsp3) is 0.375. The van der Waals surface area contributed by atoms with Crippen LogP contribution in [0.1, 0.15) is 37.9 Å². The zero-order valence-electron chi connectivity index (χ0n) is 13.8. The number of nitrogens with zero attached hydrogens (tertiary/aromatic N) is 3. The summed E-state index contributed by atoms with van der Waals surface area (Å²) in [6.07, 6.45) is 1.93. The van der Waals surface area contributed by atoms with Gasteiger partial charge in [0.1, 0.15) is 12.2 Å². The van der Waals surface area contributed by atoms with Crippen molar-refractivity contribution in [1.82, 2.24) is 15.1 Å². The fourth-order valence-corrected chi connectivity index (χ4v) is 2.35. The predicted octanol–water partition coefficient (Wildman–Crippen LogP) is 2.63. The number of methoxy groups -OCH3 is 1. The monoisotopic (exact) mass is 332 g/mol. The van der Waals surface area contributed by atoms with Gasteiger partial charge in [-0.2, -0.15) is 0 Å². The molecule has 2 aromatic rings. The fourth-order valence-electron chi connectivity index (χ4n) is 2.35. The summed E-state index contributed by atoms with van der Waals surface area (Å²) in [5, 5.41) is 17.9. The van der Waals surface area contributed by atoms with E-state index in [1.807, 2.05) is 37.3 Å². The normalized spacial score (nSPS) is 13.1. The Labute approximate surface area is 139 Å². The van der Waals surface area contributed by atoms with Crippen LogP contribution in [0, 0.1) is 10.1 Å². The van der Waals surface area contributed by atoms with Crippen molar-refractivity contribution in [3.8, 4) is 5.88 Å². The van der Waals surface area contributed by atoms with Crippen molar-refractivity contribution in [2.24, 2.45) is 0 Å². The van der Waals surface area contributed by atoms with Crippen LogP contribution in [0.3, 0.4) is 0 Å². The second-order valence-corrected chi connectivity index (χ2v) is 5.32. The maximum Gasteiger partial charge on any atom is 0.350 e. The van der Waals surface area contributed by atoms with Gasteiger partial charge < -0.3 is 10.1 Å². The molecule has 1 heterocycles. The predicted molar refractivity (Wildman–Crippen MR) is 87.8 cm³/mol. The van der Waals surface area contributed by atoms with Crippen LogP contribution in [-0.2, 0) is 4.79 Å². The maximum atomic E-state index is 12.5. The molecule has 0 aliphatic carbocycles. The van der Waals surface area contributed by atoms with Crippen LogP contribution >= 0.6 is 0 Å². The van der Waals surface area contributed by atoms with Gasteiger partial charge in [0.2, 0.25) is 5.91 Å². The Morgan fingerprint density at radius 1 is 1.42 bits per heavy atom. The molecular formula is C16H20N4O4. The number of hydrogen-bond donors (Lipinski definition) is 1. The first-order valence-electron chi connectivity index (χ1n) is 7.60. The smallest absolute Gasteiger partial charge is 0.350 e. The van der Waals surface area contributed by atoms with E-state index in [1.165, 1.54) is 18.0 Å². The SMILES string of the molecule is CCC(NC(=O)C(C)n1cc([N+](=O)[O-])c(OC)n1)c1ccccc1. The molecule has 2 atom stereocenters. The molecule has 1 amide bonds. The number of aromatic nitrogens is 2. The third-order valence-electron chi connectivity index (χ3n) is 3.77. The van der Waals surface area contributed by atoms with Gasteiger partial charge in [-0.1, -0.05) is 37.3 Å². The molecule has 24 heavy (non-hydrogen) atoms. The number of amides is 1. The van der Waals surface area contributed by atoms with E-state index < -0.39 is 11.0 Å². The third kappa shape index (κ3) is 3.70. The molecule has 0 bridgehead atoms. The first kappa shape index (κ1) is 17.5. The maximum absolute atomic E-state index is 12.5. The van der Waals surface area contributed by atoms with Crippen molar-refractivity contribution in [2.45, 2.75) is 32.4 Å². The van der Waals surface area contributed by atoms with E-state index in [2.05, 4.69) is 10.4 Å². The summed E-state index contributed by atoms with van der Waals surface area (Å²) in [4.78, 5) is 22.9. The number of nitro groups is 1. The number of carbonyl (C=O) groups excluding carboxylic acids is 1. The first-order chi connectivity index (χ1) is 11.5. The molecule has 1 N–H and O–H groups in total. The molecule has 128 valence electrons. The Balaban J connectivity index is 2.16. The minimum absolute atomic E-state index is 0.116. The van der Waals surface area contributed by atoms with Gasteiger partial charge >= 0.3 is 11.6 Å². The van der Waals surface area contributed by atoms with Gasteiger partial charge in [0.05, 0.1) is 18.1 Å². The lowest BCUT2D eigenvalue weighted by Crippen LogP contribution is -2.34. The lowest BCUT2D eigenvalue weighted by atomic mass is 10.0. The minimum atomic E-state index is -0.703. The zero-order valence-corrected chi connectivity index (χ0v) is 13.8. The lowest BCUT2D eigenvalue weighted by Gasteiger charge is -2.20. The van der Waals surface area contributed by atoms with E-state index in [1.54, 1.807) is 6.92 Å². The Morgan fingerprint density at radius 3 is 2.58 bits per heavy atom. The van der Waals surface area contributed by atoms with E-state index in [0.29, 0.717) is 0 Å². The first-order valence-corrected chi connectivity index (χ1v) is 7.60. The molecule has 2 rings (SSSR count). The molecule has 0 saturated carbocycles. The minimum Gasteiger partial charge on any atom is -0.475 e. The van der Waals surface area contributed by atoms with E-state index in [-0.39, 0.29) is 23.5 Å². The number of ether oxygens (including phenoxy) is 1. The molecule has 8 nitrogen and oxygen atoms in total. The zero-order chi connectivity index (χ0) is 17.7. The number of carbonyl (C=O) groups is 1. The van der Waals surface area contributed by atoms with Crippen molar-refractivity contribution in [2.75, 3.05) is 7.11 Å². The quantitative estimate of drug-likeness (QED) is 0.620. The average Bonchev–Trinajstić information content (AvgIpc) is 3.04. The highest BCUT2D eigenvalue weighted by atomic mass is 16.6. The summed E-state index contributed by atoms with van der Waals surface area (Å²) in [5.74, 6) is -0.388. The standard InChI is InChI=1S/C16H20N4O4/c1-4-13(12-8-6-5-7-9-12)17-15(21)11(2)19-10-14(20(22)23)16(18-19)24-3/h5-11,13H,4H2,1-3H3,(H,17,21). The summed E-state index contributed by atoms with van der Waals surface area (Å²) >= 11 is 0. The van der Waals surface area contributed by atoms with E-state index in [4.69, 9.17) is 4.74 Å². The van der Waals surface area contributed by atoms with Gasteiger partial charge in [-0.05, 0) is 18.9 Å². The lowest BCUT2D eigenvalue weighted by molar-refractivity contribution is -0.385.